The lowest BCUT2D eigenvalue weighted by Gasteiger charge is -2.21. The van der Waals surface area contributed by atoms with Gasteiger partial charge in [0.15, 0.2) is 5.69 Å². The van der Waals surface area contributed by atoms with Crippen molar-refractivity contribution in [3.63, 3.8) is 0 Å². The van der Waals surface area contributed by atoms with E-state index in [1.54, 1.807) is 0 Å². The van der Waals surface area contributed by atoms with Crippen molar-refractivity contribution in [3.8, 4) is 0 Å². The molecule has 0 amide bonds. The second kappa shape index (κ2) is 4.56. The van der Waals surface area contributed by atoms with Crippen LogP contribution in [0.4, 0.5) is 0 Å². The largest absolute Gasteiger partial charge is 0.448 e. The number of nitrogens with zero attached hydrogens (tertiary/aromatic N) is 2. The molecule has 0 spiro atoms. The van der Waals surface area contributed by atoms with Gasteiger partial charge in [0.25, 0.3) is 0 Å². The van der Waals surface area contributed by atoms with E-state index in [-0.39, 0.29) is 5.69 Å². The molecule has 3 aromatic rings. The number of aromatic nitrogens is 3. The zero-order chi connectivity index (χ0) is 14.2. The molecule has 1 aromatic heterocycles. The van der Waals surface area contributed by atoms with Crippen molar-refractivity contribution < 1.29 is 9.53 Å². The summed E-state index contributed by atoms with van der Waals surface area (Å²) in [5.41, 5.74) is 2.30. The van der Waals surface area contributed by atoms with Crippen LogP contribution in [0.1, 0.15) is 27.7 Å². The van der Waals surface area contributed by atoms with Gasteiger partial charge in [-0.15, -0.1) is 5.10 Å². The van der Waals surface area contributed by atoms with Gasteiger partial charge in [0, 0.05) is 5.56 Å². The molecular weight excluding hydrogens is 266 g/mol. The first kappa shape index (κ1) is 11.8. The molecule has 0 aliphatic heterocycles. The van der Waals surface area contributed by atoms with Crippen LogP contribution < -0.4 is 0 Å². The Bertz CT molecular complexity index is 848. The minimum atomic E-state index is -0.491. The predicted molar refractivity (Wildman–Crippen MR) is 77.5 cm³/mol. The van der Waals surface area contributed by atoms with E-state index in [4.69, 9.17) is 4.74 Å². The lowest BCUT2D eigenvalue weighted by atomic mass is 9.91. The van der Waals surface area contributed by atoms with Gasteiger partial charge in [-0.25, -0.2) is 4.79 Å². The normalized spacial score (nSPS) is 16.1. The van der Waals surface area contributed by atoms with Crippen LogP contribution in [0.25, 0.3) is 16.8 Å². The Labute approximate surface area is 120 Å². The predicted octanol–water partition coefficient (Wildman–Crippen LogP) is 2.88. The molecule has 1 aliphatic rings. The smallest absolute Gasteiger partial charge is 0.361 e. The molecule has 1 aliphatic carbocycles. The molecule has 1 N–H and O–H groups in total. The number of carbonyl (C=O) groups is 1. The Morgan fingerprint density at radius 1 is 1.19 bits per heavy atom. The molecule has 5 nitrogen and oxygen atoms in total. The summed E-state index contributed by atoms with van der Waals surface area (Å²) in [4.78, 5) is 12.0. The highest BCUT2D eigenvalue weighted by atomic mass is 16.5. The molecule has 4 rings (SSSR count). The van der Waals surface area contributed by atoms with E-state index in [2.05, 4.69) is 33.6 Å². The first-order valence-corrected chi connectivity index (χ1v) is 6.60. The quantitative estimate of drug-likeness (QED) is 0.731. The number of benzene rings is 2. The Kier molecular flexibility index (Phi) is 2.57. The van der Waals surface area contributed by atoms with Crippen molar-refractivity contribution in [2.45, 2.75) is 6.10 Å². The average Bonchev–Trinajstić information content (AvgIpc) is 3.05. The van der Waals surface area contributed by atoms with Crippen LogP contribution in [0.2, 0.25) is 0 Å². The monoisotopic (exact) mass is 277 g/mol. The Hall–Kier alpha value is -2.95. The number of nitrogens with one attached hydrogen (secondary N) is 1. The van der Waals surface area contributed by atoms with Gasteiger partial charge in [-0.2, -0.15) is 0 Å². The molecule has 1 unspecified atom stereocenters. The molecule has 1 atom stereocenters. The van der Waals surface area contributed by atoms with E-state index < -0.39 is 12.1 Å². The van der Waals surface area contributed by atoms with Crippen molar-refractivity contribution in [1.29, 1.82) is 0 Å². The third-order valence-electron chi connectivity index (χ3n) is 3.59. The van der Waals surface area contributed by atoms with Gasteiger partial charge in [-0.3, -0.25) is 5.10 Å². The van der Waals surface area contributed by atoms with Crippen LogP contribution in [-0.2, 0) is 4.74 Å². The number of carbonyl (C=O) groups excluding carboxylic acids is 1. The van der Waals surface area contributed by atoms with Gasteiger partial charge in [0.2, 0.25) is 0 Å². The topological polar surface area (TPSA) is 67.9 Å². The van der Waals surface area contributed by atoms with Crippen molar-refractivity contribution in [2.75, 3.05) is 0 Å². The molecule has 0 saturated heterocycles. The summed E-state index contributed by atoms with van der Waals surface area (Å²) in [6.45, 7) is 0. The Balaban J connectivity index is 1.75. The van der Waals surface area contributed by atoms with Crippen LogP contribution in [-0.4, -0.2) is 21.4 Å². The number of H-pyrrole nitrogens is 1. The third kappa shape index (κ3) is 1.90. The molecule has 0 radical (unpaired) electrons. The second-order valence-electron chi connectivity index (χ2n) is 4.84. The van der Waals surface area contributed by atoms with E-state index in [9.17, 15) is 4.79 Å². The molecule has 0 bridgehead atoms. The van der Waals surface area contributed by atoms with Gasteiger partial charge in [0.05, 0.1) is 6.20 Å². The van der Waals surface area contributed by atoms with Gasteiger partial charge < -0.3 is 4.74 Å². The highest BCUT2D eigenvalue weighted by Gasteiger charge is 2.22. The van der Waals surface area contributed by atoms with Gasteiger partial charge in [-0.1, -0.05) is 47.7 Å². The SMILES string of the molecule is O=C(OC1C=Cc2cccc3cccc1c23)c1c[nH]nn1. The van der Waals surface area contributed by atoms with E-state index in [1.165, 1.54) is 6.20 Å². The fourth-order valence-electron chi connectivity index (χ4n) is 2.65. The van der Waals surface area contributed by atoms with Crippen LogP contribution in [0.3, 0.4) is 0 Å². The number of hydrogen-bond acceptors (Lipinski definition) is 4. The molecule has 0 fully saturated rings. The third-order valence-corrected chi connectivity index (χ3v) is 3.59. The van der Waals surface area contributed by atoms with Crippen LogP contribution in [0.5, 0.6) is 0 Å². The van der Waals surface area contributed by atoms with Crippen LogP contribution >= 0.6 is 0 Å². The van der Waals surface area contributed by atoms with E-state index >= 15 is 0 Å². The molecule has 21 heavy (non-hydrogen) atoms. The molecule has 2 aromatic carbocycles. The Morgan fingerprint density at radius 2 is 2.05 bits per heavy atom. The minimum Gasteiger partial charge on any atom is -0.448 e. The standard InChI is InChI=1S/C16H11N3O2/c20-16(13-9-17-19-18-13)21-14-8-7-11-4-1-3-10-5-2-6-12(14)15(10)11/h1-9,14H,(H,17,18,19). The van der Waals surface area contributed by atoms with Gasteiger partial charge in [-0.05, 0) is 22.4 Å². The van der Waals surface area contributed by atoms with Crippen molar-refractivity contribution >= 4 is 22.8 Å². The summed E-state index contributed by atoms with van der Waals surface area (Å²) in [5.74, 6) is -0.491. The number of ether oxygens (including phenoxy) is 1. The van der Waals surface area contributed by atoms with Crippen molar-refractivity contribution in [1.82, 2.24) is 15.4 Å². The highest BCUT2D eigenvalue weighted by Crippen LogP contribution is 2.35. The number of aromatic amines is 1. The fraction of sp³-hybridized carbons (Fsp3) is 0.0625. The summed E-state index contributed by atoms with van der Waals surface area (Å²) in [5, 5.41) is 12.0. The van der Waals surface area contributed by atoms with E-state index in [0.717, 1.165) is 21.9 Å². The molecular formula is C16H11N3O2. The van der Waals surface area contributed by atoms with Crippen LogP contribution in [0, 0.1) is 0 Å². The van der Waals surface area contributed by atoms with Gasteiger partial charge >= 0.3 is 5.97 Å². The fourth-order valence-corrected chi connectivity index (χ4v) is 2.65. The maximum absolute atomic E-state index is 12.0. The second-order valence-corrected chi connectivity index (χ2v) is 4.84. The van der Waals surface area contributed by atoms with E-state index in [0.29, 0.717) is 0 Å². The maximum atomic E-state index is 12.0. The number of hydrogen-bond donors (Lipinski definition) is 1. The summed E-state index contributed by atoms with van der Waals surface area (Å²) in [6.07, 6.45) is 4.88. The van der Waals surface area contributed by atoms with Crippen molar-refractivity contribution in [3.05, 3.63) is 65.5 Å². The molecule has 0 saturated carbocycles. The number of esters is 1. The first-order valence-electron chi connectivity index (χ1n) is 6.60. The Morgan fingerprint density at radius 3 is 2.86 bits per heavy atom. The average molecular weight is 277 g/mol. The minimum absolute atomic E-state index is 0.175. The van der Waals surface area contributed by atoms with Crippen molar-refractivity contribution in [2.24, 2.45) is 0 Å². The lowest BCUT2D eigenvalue weighted by Crippen LogP contribution is -2.12. The number of rotatable bonds is 2. The zero-order valence-corrected chi connectivity index (χ0v) is 11.0. The zero-order valence-electron chi connectivity index (χ0n) is 11.0. The maximum Gasteiger partial charge on any atom is 0.361 e. The summed E-state index contributed by atoms with van der Waals surface area (Å²) < 4.78 is 5.53. The summed E-state index contributed by atoms with van der Waals surface area (Å²) in [6, 6.07) is 12.1. The molecule has 1 heterocycles. The molecule has 102 valence electrons. The lowest BCUT2D eigenvalue weighted by molar-refractivity contribution is 0.0387. The molecule has 5 heteroatoms. The van der Waals surface area contributed by atoms with E-state index in [1.807, 2.05) is 30.4 Å². The summed E-state index contributed by atoms with van der Waals surface area (Å²) >= 11 is 0. The van der Waals surface area contributed by atoms with Gasteiger partial charge in [0.1, 0.15) is 6.10 Å². The summed E-state index contributed by atoms with van der Waals surface area (Å²) in [7, 11) is 0. The first-order chi connectivity index (χ1) is 10.3. The van der Waals surface area contributed by atoms with Crippen LogP contribution in [0.15, 0.2) is 48.7 Å². The highest BCUT2D eigenvalue weighted by molar-refractivity contribution is 5.96.